The standard InChI is InChI=1S/C20H42N.C5H10.BrH.Fe/c1-4-5-6-7-8-9-10-11-12-15-18-21(2,3)19-20-16-13-14-17-20;1-2-4-5-3-1;;/h20H,4-19H2,1-3H3;1-5H2;1H;/q+1;;;/p-1. The van der Waals surface area contributed by atoms with Gasteiger partial charge in [-0.15, -0.1) is 0 Å². The average Bonchev–Trinajstić information content (AvgIpc) is 3.32. The Morgan fingerprint density at radius 2 is 1.00 bits per heavy atom. The molecule has 0 atom stereocenters. The molecule has 0 spiro atoms. The molecule has 2 rings (SSSR count). The monoisotopic (exact) mass is 501 g/mol. The van der Waals surface area contributed by atoms with Crippen molar-refractivity contribution in [2.75, 3.05) is 27.2 Å². The molecule has 0 radical (unpaired) electrons. The molecule has 172 valence electrons. The van der Waals surface area contributed by atoms with Crippen LogP contribution in [0.15, 0.2) is 0 Å². The third kappa shape index (κ3) is 19.0. The van der Waals surface area contributed by atoms with Gasteiger partial charge in [-0.1, -0.05) is 103 Å². The first-order valence-corrected chi connectivity index (χ1v) is 12.5. The van der Waals surface area contributed by atoms with E-state index in [1.54, 1.807) is 0 Å². The molecule has 3 heteroatoms. The minimum absolute atomic E-state index is 0. The molecule has 0 aromatic rings. The first-order chi connectivity index (χ1) is 12.6. The minimum Gasteiger partial charge on any atom is -1.00 e. The Morgan fingerprint density at radius 1 is 0.607 bits per heavy atom. The minimum atomic E-state index is 0. The predicted molar refractivity (Wildman–Crippen MR) is 119 cm³/mol. The van der Waals surface area contributed by atoms with E-state index in [-0.39, 0.29) is 34.1 Å². The first-order valence-electron chi connectivity index (χ1n) is 12.5. The molecule has 0 amide bonds. The van der Waals surface area contributed by atoms with Crippen molar-refractivity contribution in [3.05, 3.63) is 0 Å². The summed E-state index contributed by atoms with van der Waals surface area (Å²) < 4.78 is 1.27. The topological polar surface area (TPSA) is 0 Å². The molecule has 2 aliphatic carbocycles. The Morgan fingerprint density at radius 3 is 1.43 bits per heavy atom. The van der Waals surface area contributed by atoms with E-state index in [4.69, 9.17) is 0 Å². The van der Waals surface area contributed by atoms with Gasteiger partial charge in [-0.2, -0.15) is 0 Å². The second-order valence-electron chi connectivity index (χ2n) is 9.94. The fourth-order valence-electron chi connectivity index (χ4n) is 4.89. The Balaban J connectivity index is 0. The van der Waals surface area contributed by atoms with Crippen LogP contribution in [0, 0.1) is 5.92 Å². The third-order valence-electron chi connectivity index (χ3n) is 6.59. The van der Waals surface area contributed by atoms with Crippen LogP contribution in [-0.2, 0) is 17.1 Å². The van der Waals surface area contributed by atoms with Crippen molar-refractivity contribution in [2.24, 2.45) is 5.92 Å². The molecule has 0 N–H and O–H groups in total. The van der Waals surface area contributed by atoms with E-state index < -0.39 is 0 Å². The van der Waals surface area contributed by atoms with E-state index in [1.807, 2.05) is 0 Å². The van der Waals surface area contributed by atoms with Crippen LogP contribution < -0.4 is 17.0 Å². The maximum atomic E-state index is 2.45. The van der Waals surface area contributed by atoms with Crippen molar-refractivity contribution >= 4 is 0 Å². The summed E-state index contributed by atoms with van der Waals surface area (Å²) in [6.45, 7) is 5.12. The van der Waals surface area contributed by atoms with Crippen LogP contribution in [0.1, 0.15) is 129 Å². The van der Waals surface area contributed by atoms with E-state index >= 15 is 0 Å². The van der Waals surface area contributed by atoms with Crippen LogP contribution >= 0.6 is 0 Å². The van der Waals surface area contributed by atoms with Crippen molar-refractivity contribution < 1.29 is 38.5 Å². The van der Waals surface area contributed by atoms with Crippen molar-refractivity contribution in [3.8, 4) is 0 Å². The quantitative estimate of drug-likeness (QED) is 0.186. The number of halogens is 1. The fraction of sp³-hybridized carbons (Fsp3) is 1.00. The normalized spacial score (nSPS) is 16.8. The van der Waals surface area contributed by atoms with Crippen molar-refractivity contribution in [2.45, 2.75) is 129 Å². The second-order valence-corrected chi connectivity index (χ2v) is 9.94. The van der Waals surface area contributed by atoms with Crippen LogP contribution in [0.5, 0.6) is 0 Å². The zero-order chi connectivity index (χ0) is 18.9. The second kappa shape index (κ2) is 21.2. The summed E-state index contributed by atoms with van der Waals surface area (Å²) >= 11 is 0. The van der Waals surface area contributed by atoms with Gasteiger partial charge in [0.1, 0.15) is 0 Å². The van der Waals surface area contributed by atoms with Crippen LogP contribution in [0.4, 0.5) is 0 Å². The zero-order valence-electron chi connectivity index (χ0n) is 19.6. The fourth-order valence-corrected chi connectivity index (χ4v) is 4.89. The van der Waals surface area contributed by atoms with E-state index in [1.165, 1.54) is 140 Å². The van der Waals surface area contributed by atoms with Gasteiger partial charge < -0.3 is 21.5 Å². The molecule has 0 saturated heterocycles. The van der Waals surface area contributed by atoms with Gasteiger partial charge in [0.2, 0.25) is 0 Å². The van der Waals surface area contributed by atoms with E-state index in [9.17, 15) is 0 Å². The first kappa shape index (κ1) is 31.1. The molecule has 0 aromatic carbocycles. The summed E-state index contributed by atoms with van der Waals surface area (Å²) in [4.78, 5) is 0. The number of hydrogen-bond acceptors (Lipinski definition) is 0. The summed E-state index contributed by atoms with van der Waals surface area (Å²) in [5, 5.41) is 0. The van der Waals surface area contributed by atoms with Crippen LogP contribution in [0.2, 0.25) is 0 Å². The van der Waals surface area contributed by atoms with Crippen molar-refractivity contribution in [3.63, 3.8) is 0 Å². The molecule has 0 aromatic heterocycles. The molecule has 0 bridgehead atoms. The van der Waals surface area contributed by atoms with Gasteiger partial charge in [0.15, 0.2) is 0 Å². The number of rotatable bonds is 13. The van der Waals surface area contributed by atoms with Gasteiger partial charge in [0, 0.05) is 23.0 Å². The Kier molecular flexibility index (Phi) is 23.6. The average molecular weight is 502 g/mol. The van der Waals surface area contributed by atoms with Gasteiger partial charge in [0.25, 0.3) is 0 Å². The largest absolute Gasteiger partial charge is 1.00 e. The SMILES string of the molecule is C1CCCC1.CCCCCCCCCCCC[N+](C)(C)CC1CCCC1.[Br-].[Fe]. The summed E-state index contributed by atoms with van der Waals surface area (Å²) in [7, 11) is 4.90. The molecule has 2 saturated carbocycles. The maximum absolute atomic E-state index is 2.45. The summed E-state index contributed by atoms with van der Waals surface area (Å²) in [5.41, 5.74) is 0. The van der Waals surface area contributed by atoms with Gasteiger partial charge in [-0.05, 0) is 25.7 Å². The van der Waals surface area contributed by atoms with Crippen molar-refractivity contribution in [1.29, 1.82) is 0 Å². The number of unbranched alkanes of at least 4 members (excludes halogenated alkanes) is 9. The van der Waals surface area contributed by atoms with E-state index in [0.29, 0.717) is 0 Å². The molecule has 28 heavy (non-hydrogen) atoms. The van der Waals surface area contributed by atoms with Crippen molar-refractivity contribution in [1.82, 2.24) is 0 Å². The number of hydrogen-bond donors (Lipinski definition) is 0. The van der Waals surface area contributed by atoms with Gasteiger partial charge in [-0.3, -0.25) is 0 Å². The van der Waals surface area contributed by atoms with E-state index in [0.717, 1.165) is 5.92 Å². The predicted octanol–water partition coefficient (Wildman–Crippen LogP) is 5.13. The molecule has 1 nitrogen and oxygen atoms in total. The maximum Gasteiger partial charge on any atom is 0.0811 e. The van der Waals surface area contributed by atoms with E-state index in [2.05, 4.69) is 21.0 Å². The Labute approximate surface area is 200 Å². The third-order valence-corrected chi connectivity index (χ3v) is 6.59. The number of quaternary nitrogens is 1. The molecule has 0 unspecified atom stereocenters. The summed E-state index contributed by atoms with van der Waals surface area (Å²) in [6, 6.07) is 0. The Hall–Kier alpha value is 0.959. The van der Waals surface area contributed by atoms with Crippen LogP contribution in [-0.4, -0.2) is 31.7 Å². The Bertz CT molecular complexity index is 291. The smallest absolute Gasteiger partial charge is 0.0811 e. The van der Waals surface area contributed by atoms with Gasteiger partial charge in [0.05, 0.1) is 27.2 Å². The number of nitrogens with zero attached hydrogens (tertiary/aromatic N) is 1. The summed E-state index contributed by atoms with van der Waals surface area (Å²) in [5.74, 6) is 1.03. The van der Waals surface area contributed by atoms with Crippen LogP contribution in [0.3, 0.4) is 0 Å². The molecule has 2 aliphatic rings. The molecule has 0 aliphatic heterocycles. The molecule has 0 heterocycles. The van der Waals surface area contributed by atoms with Gasteiger partial charge >= 0.3 is 0 Å². The molecular weight excluding hydrogens is 450 g/mol. The van der Waals surface area contributed by atoms with Crippen LogP contribution in [0.25, 0.3) is 0 Å². The zero-order valence-corrected chi connectivity index (χ0v) is 22.3. The summed E-state index contributed by atoms with van der Waals surface area (Å²) in [6.07, 6.45) is 28.0. The van der Waals surface area contributed by atoms with Gasteiger partial charge in [-0.25, -0.2) is 0 Å². The molecule has 2 fully saturated rings. The molecular formula is C25H52BrFeN.